The van der Waals surface area contributed by atoms with Crippen LogP contribution in [-0.4, -0.2) is 41.8 Å². The number of rotatable bonds is 14. The number of hydrogen-bond donors (Lipinski definition) is 1. The van der Waals surface area contributed by atoms with E-state index >= 15 is 0 Å². The summed E-state index contributed by atoms with van der Waals surface area (Å²) in [5.41, 5.74) is 2.28. The molecule has 3 aromatic carbocycles. The number of ether oxygens (including phenoxy) is 4. The van der Waals surface area contributed by atoms with E-state index in [0.29, 0.717) is 32.8 Å². The Balaban J connectivity index is 1.82. The van der Waals surface area contributed by atoms with Gasteiger partial charge < -0.3 is 18.9 Å². The third-order valence-electron chi connectivity index (χ3n) is 5.14. The van der Waals surface area contributed by atoms with E-state index in [1.54, 1.807) is 43.3 Å². The van der Waals surface area contributed by atoms with Gasteiger partial charge in [0.25, 0.3) is 11.6 Å². The molecule has 0 saturated heterocycles. The minimum Gasteiger partial charge on any atom is -0.490 e. The molecule has 1 amide bonds. The minimum absolute atomic E-state index is 0.174. The molecule has 0 heterocycles. The highest BCUT2D eigenvalue weighted by Gasteiger charge is 2.23. The topological polar surface area (TPSA) is 165 Å². The number of hydrazone groups is 1. The van der Waals surface area contributed by atoms with Crippen LogP contribution in [0.15, 0.2) is 66.3 Å². The zero-order valence-electron chi connectivity index (χ0n) is 22.0. The van der Waals surface area contributed by atoms with E-state index in [1.807, 2.05) is 29.5 Å². The summed E-state index contributed by atoms with van der Waals surface area (Å²) in [6.07, 6.45) is 2.99. The average Bonchev–Trinajstić information content (AvgIpc) is 2.94. The summed E-state index contributed by atoms with van der Waals surface area (Å²) < 4.78 is 23.1. The zero-order chi connectivity index (χ0) is 29.9. The van der Waals surface area contributed by atoms with Crippen molar-refractivity contribution >= 4 is 46.1 Å². The van der Waals surface area contributed by atoms with Gasteiger partial charge in [-0.05, 0) is 78.4 Å². The Morgan fingerprint density at radius 3 is 2.32 bits per heavy atom. The third-order valence-corrected chi connectivity index (χ3v) is 5.94. The van der Waals surface area contributed by atoms with Gasteiger partial charge in [0, 0.05) is 11.6 Å². The maximum absolute atomic E-state index is 12.7. The molecule has 0 saturated carbocycles. The lowest BCUT2D eigenvalue weighted by Crippen LogP contribution is -2.17. The highest BCUT2D eigenvalue weighted by molar-refractivity contribution is 14.1. The number of nitrogens with zero attached hydrogens (tertiary/aromatic N) is 3. The van der Waals surface area contributed by atoms with Crippen LogP contribution in [0.2, 0.25) is 0 Å². The van der Waals surface area contributed by atoms with Crippen molar-refractivity contribution in [3.63, 3.8) is 0 Å². The average molecular weight is 676 g/mol. The van der Waals surface area contributed by atoms with Crippen molar-refractivity contribution in [2.45, 2.75) is 13.8 Å². The number of hydrogen-bond acceptors (Lipinski definition) is 10. The van der Waals surface area contributed by atoms with Gasteiger partial charge in [0.15, 0.2) is 23.0 Å². The molecule has 14 heteroatoms. The Hall–Kier alpha value is -4.73. The summed E-state index contributed by atoms with van der Waals surface area (Å²) in [4.78, 5) is 33.8. The highest BCUT2D eigenvalue weighted by Crippen LogP contribution is 2.41. The van der Waals surface area contributed by atoms with E-state index in [0.717, 1.165) is 18.2 Å². The molecule has 3 aromatic rings. The quantitative estimate of drug-likeness (QED) is 0.0706. The van der Waals surface area contributed by atoms with Crippen LogP contribution in [0.25, 0.3) is 0 Å². The van der Waals surface area contributed by atoms with Gasteiger partial charge in [0.05, 0.1) is 38.9 Å². The molecular formula is C27H25IN4O9. The summed E-state index contributed by atoms with van der Waals surface area (Å²) in [5.74, 6) is 0.629. The second kappa shape index (κ2) is 14.6. The first-order valence-electron chi connectivity index (χ1n) is 12.1. The molecule has 0 aliphatic carbocycles. The maximum Gasteiger partial charge on any atom is 0.318 e. The second-order valence-electron chi connectivity index (χ2n) is 7.92. The van der Waals surface area contributed by atoms with Gasteiger partial charge in [-0.3, -0.25) is 25.0 Å². The number of benzene rings is 3. The van der Waals surface area contributed by atoms with Crippen LogP contribution < -0.4 is 24.4 Å². The van der Waals surface area contributed by atoms with Gasteiger partial charge >= 0.3 is 5.69 Å². The molecule has 1 N–H and O–H groups in total. The van der Waals surface area contributed by atoms with Crippen LogP contribution >= 0.6 is 22.6 Å². The molecule has 0 bridgehead atoms. The Morgan fingerprint density at radius 2 is 1.66 bits per heavy atom. The monoisotopic (exact) mass is 676 g/mol. The van der Waals surface area contributed by atoms with E-state index in [2.05, 4.69) is 17.1 Å². The molecule has 0 radical (unpaired) electrons. The Bertz CT molecular complexity index is 1490. The van der Waals surface area contributed by atoms with E-state index in [-0.39, 0.29) is 30.5 Å². The van der Waals surface area contributed by atoms with Crippen LogP contribution in [-0.2, 0) is 0 Å². The third kappa shape index (κ3) is 8.14. The summed E-state index contributed by atoms with van der Waals surface area (Å²) in [6.45, 7) is 8.09. The standard InChI is InChI=1S/C27H25IN4O9/c1-4-11-40-23-9-7-18(14-24(23)38-5-2)27(33)30-29-16-17-12-20(28)26(25(13-17)39-6-3)41-22-10-8-19(31(34)35)15-21(22)32(36)37/h4,7-10,12-16H,1,5-6,11H2,2-3H3,(H,30,33)/b29-16+. The molecule has 0 atom stereocenters. The number of nitrogens with one attached hydrogen (secondary N) is 1. The van der Waals surface area contributed by atoms with Crippen LogP contribution in [0.3, 0.4) is 0 Å². The number of nitro benzene ring substituents is 2. The normalized spacial score (nSPS) is 10.6. The van der Waals surface area contributed by atoms with E-state index < -0.39 is 27.1 Å². The summed E-state index contributed by atoms with van der Waals surface area (Å²) in [7, 11) is 0. The first-order chi connectivity index (χ1) is 19.7. The number of nitro groups is 2. The SMILES string of the molecule is C=CCOc1ccc(C(=O)N/N=C/c2cc(I)c(Oc3ccc([N+](=O)[O-])cc3[N+](=O)[O-])c(OCC)c2)cc1OCC. The van der Waals surface area contributed by atoms with Crippen molar-refractivity contribution in [2.24, 2.45) is 5.10 Å². The van der Waals surface area contributed by atoms with Gasteiger partial charge in [0.2, 0.25) is 5.75 Å². The summed E-state index contributed by atoms with van der Waals surface area (Å²) in [5, 5.41) is 26.6. The lowest BCUT2D eigenvalue weighted by molar-refractivity contribution is -0.394. The van der Waals surface area contributed by atoms with Crippen LogP contribution in [0.4, 0.5) is 11.4 Å². The molecular weight excluding hydrogens is 651 g/mol. The predicted molar refractivity (Wildman–Crippen MR) is 159 cm³/mol. The van der Waals surface area contributed by atoms with Gasteiger partial charge in [0.1, 0.15) is 6.61 Å². The highest BCUT2D eigenvalue weighted by atomic mass is 127. The fraction of sp³-hybridized carbons (Fsp3) is 0.185. The van der Waals surface area contributed by atoms with Crippen molar-refractivity contribution in [1.82, 2.24) is 5.43 Å². The molecule has 41 heavy (non-hydrogen) atoms. The van der Waals surface area contributed by atoms with E-state index in [4.69, 9.17) is 18.9 Å². The summed E-state index contributed by atoms with van der Waals surface area (Å²) in [6, 6.07) is 11.1. The fourth-order valence-corrected chi connectivity index (χ4v) is 4.13. The number of non-ortho nitro benzene ring substituents is 1. The molecule has 0 fully saturated rings. The second-order valence-corrected chi connectivity index (χ2v) is 9.09. The van der Waals surface area contributed by atoms with Crippen LogP contribution in [0, 0.1) is 23.8 Å². The largest absolute Gasteiger partial charge is 0.490 e. The zero-order valence-corrected chi connectivity index (χ0v) is 24.2. The van der Waals surface area contributed by atoms with Crippen molar-refractivity contribution in [2.75, 3.05) is 19.8 Å². The Kier molecular flexibility index (Phi) is 11.0. The summed E-state index contributed by atoms with van der Waals surface area (Å²) >= 11 is 1.96. The number of amides is 1. The predicted octanol–water partition coefficient (Wildman–Crippen LogP) is 6.03. The molecule has 0 spiro atoms. The van der Waals surface area contributed by atoms with Crippen molar-refractivity contribution < 1.29 is 33.6 Å². The molecule has 0 aliphatic rings. The molecule has 0 unspecified atom stereocenters. The first-order valence-corrected chi connectivity index (χ1v) is 13.2. The fourth-order valence-electron chi connectivity index (χ4n) is 3.40. The van der Waals surface area contributed by atoms with Gasteiger partial charge in [-0.15, -0.1) is 0 Å². The molecule has 0 aromatic heterocycles. The van der Waals surface area contributed by atoms with Crippen molar-refractivity contribution in [1.29, 1.82) is 0 Å². The first kappa shape index (κ1) is 30.8. The van der Waals surface area contributed by atoms with Gasteiger partial charge in [-0.2, -0.15) is 5.10 Å². The molecule has 0 aliphatic heterocycles. The smallest absolute Gasteiger partial charge is 0.318 e. The van der Waals surface area contributed by atoms with Crippen molar-refractivity contribution in [3.8, 4) is 28.7 Å². The lowest BCUT2D eigenvalue weighted by atomic mass is 10.2. The van der Waals surface area contributed by atoms with Gasteiger partial charge in [-0.1, -0.05) is 12.7 Å². The molecule has 3 rings (SSSR count). The number of carbonyl (C=O) groups excluding carboxylic acids is 1. The number of carbonyl (C=O) groups is 1. The van der Waals surface area contributed by atoms with Crippen LogP contribution in [0.5, 0.6) is 28.7 Å². The Labute approximate surface area is 248 Å². The molecule has 214 valence electrons. The minimum atomic E-state index is -0.765. The van der Waals surface area contributed by atoms with E-state index in [9.17, 15) is 25.0 Å². The van der Waals surface area contributed by atoms with E-state index in [1.165, 1.54) is 6.21 Å². The number of halogens is 1. The van der Waals surface area contributed by atoms with Crippen LogP contribution in [0.1, 0.15) is 29.8 Å². The Morgan fingerprint density at radius 1 is 0.951 bits per heavy atom. The lowest BCUT2D eigenvalue weighted by Gasteiger charge is -2.14. The van der Waals surface area contributed by atoms with Gasteiger partial charge in [-0.25, -0.2) is 5.43 Å². The molecule has 13 nitrogen and oxygen atoms in total. The maximum atomic E-state index is 12.7. The van der Waals surface area contributed by atoms with Crippen molar-refractivity contribution in [3.05, 3.63) is 96.1 Å².